The van der Waals surface area contributed by atoms with Gasteiger partial charge in [0.25, 0.3) is 0 Å². The maximum atomic E-state index is 11.8. The molecule has 1 amide bonds. The molecule has 0 aliphatic rings. The van der Waals surface area contributed by atoms with Crippen molar-refractivity contribution < 1.29 is 4.79 Å². The number of fused-ring (bicyclic) bond motifs is 1. The molecule has 112 valence electrons. The topological polar surface area (TPSA) is 62.0 Å². The first-order valence-corrected chi connectivity index (χ1v) is 7.17. The third-order valence-electron chi connectivity index (χ3n) is 3.44. The molecule has 0 atom stereocenters. The van der Waals surface area contributed by atoms with Gasteiger partial charge in [-0.1, -0.05) is 40.7 Å². The summed E-state index contributed by atoms with van der Waals surface area (Å²) in [5.41, 5.74) is 2.20. The number of anilines is 1. The Hall–Kier alpha value is -2.10. The number of hydrogen-bond donors (Lipinski definition) is 2. The smallest absolute Gasteiger partial charge is 0.248 e. The third kappa shape index (κ3) is 3.32. The highest BCUT2D eigenvalue weighted by molar-refractivity contribution is 5.95. The van der Waals surface area contributed by atoms with E-state index in [-0.39, 0.29) is 22.8 Å². The van der Waals surface area contributed by atoms with Crippen LogP contribution in [-0.4, -0.2) is 10.9 Å². The van der Waals surface area contributed by atoms with Gasteiger partial charge in [0.1, 0.15) is 0 Å². The Kier molecular flexibility index (Phi) is 3.90. The molecule has 2 N–H and O–H groups in total. The van der Waals surface area contributed by atoms with E-state index in [1.54, 1.807) is 6.07 Å². The zero-order chi connectivity index (χ0) is 15.8. The van der Waals surface area contributed by atoms with E-state index in [1.165, 1.54) is 0 Å². The fourth-order valence-electron chi connectivity index (χ4n) is 2.25. The van der Waals surface area contributed by atoms with E-state index in [9.17, 15) is 9.59 Å². The number of aromatic nitrogens is 1. The lowest BCUT2D eigenvalue weighted by atomic mass is 9.85. The summed E-state index contributed by atoms with van der Waals surface area (Å²) in [5, 5.41) is 3.85. The van der Waals surface area contributed by atoms with Gasteiger partial charge in [0.2, 0.25) is 11.5 Å². The zero-order valence-corrected chi connectivity index (χ0v) is 13.2. The van der Waals surface area contributed by atoms with E-state index >= 15 is 0 Å². The van der Waals surface area contributed by atoms with Crippen LogP contribution < -0.4 is 10.9 Å². The molecule has 0 radical (unpaired) electrons. The maximum absolute atomic E-state index is 11.8. The minimum Gasteiger partial charge on any atom is -0.326 e. The van der Waals surface area contributed by atoms with Gasteiger partial charge in [0.05, 0.1) is 5.52 Å². The van der Waals surface area contributed by atoms with Gasteiger partial charge in [-0.25, -0.2) is 0 Å². The van der Waals surface area contributed by atoms with Gasteiger partial charge >= 0.3 is 0 Å². The van der Waals surface area contributed by atoms with Crippen molar-refractivity contribution in [2.75, 3.05) is 5.32 Å². The molecule has 1 heterocycles. The number of nitrogens with one attached hydrogen (secondary N) is 2. The number of hydrogen-bond acceptors (Lipinski definition) is 2. The SMILES string of the molecule is CC(C)C(=O)Nc1ccc2c(C(C)(C)C)cc(=O)[nH]c2c1. The fourth-order valence-corrected chi connectivity index (χ4v) is 2.25. The summed E-state index contributed by atoms with van der Waals surface area (Å²) in [4.78, 5) is 26.4. The van der Waals surface area contributed by atoms with Crippen molar-refractivity contribution in [1.82, 2.24) is 4.98 Å². The predicted molar refractivity (Wildman–Crippen MR) is 86.7 cm³/mol. The summed E-state index contributed by atoms with van der Waals surface area (Å²) in [5.74, 6) is -0.121. The summed E-state index contributed by atoms with van der Waals surface area (Å²) < 4.78 is 0. The lowest BCUT2D eigenvalue weighted by Gasteiger charge is -2.21. The Balaban J connectivity index is 2.55. The molecule has 0 aliphatic carbocycles. The quantitative estimate of drug-likeness (QED) is 0.888. The normalized spacial score (nSPS) is 11.9. The molecule has 0 spiro atoms. The Morgan fingerprint density at radius 1 is 1.19 bits per heavy atom. The van der Waals surface area contributed by atoms with Crippen LogP contribution in [0.5, 0.6) is 0 Å². The van der Waals surface area contributed by atoms with Gasteiger partial charge in [-0.05, 0) is 23.1 Å². The van der Waals surface area contributed by atoms with E-state index in [0.29, 0.717) is 5.69 Å². The van der Waals surface area contributed by atoms with Gasteiger partial charge in [-0.15, -0.1) is 0 Å². The van der Waals surface area contributed by atoms with Crippen molar-refractivity contribution in [3.63, 3.8) is 0 Å². The molecule has 21 heavy (non-hydrogen) atoms. The lowest BCUT2D eigenvalue weighted by Crippen LogP contribution is -2.19. The highest BCUT2D eigenvalue weighted by atomic mass is 16.1. The van der Waals surface area contributed by atoms with Gasteiger partial charge in [0.15, 0.2) is 0 Å². The van der Waals surface area contributed by atoms with Gasteiger partial charge in [0, 0.05) is 23.1 Å². The number of carbonyl (C=O) groups excluding carboxylic acids is 1. The monoisotopic (exact) mass is 286 g/mol. The second kappa shape index (κ2) is 5.35. The van der Waals surface area contributed by atoms with E-state index < -0.39 is 0 Å². The first kappa shape index (κ1) is 15.3. The molecule has 4 nitrogen and oxygen atoms in total. The molecule has 4 heteroatoms. The molecule has 2 aromatic rings. The Labute approximate surface area is 124 Å². The van der Waals surface area contributed by atoms with E-state index in [1.807, 2.05) is 32.0 Å². The number of rotatable bonds is 2. The second-order valence-electron chi connectivity index (χ2n) is 6.70. The van der Waals surface area contributed by atoms with Gasteiger partial charge in [-0.2, -0.15) is 0 Å². The van der Waals surface area contributed by atoms with Crippen LogP contribution in [-0.2, 0) is 10.2 Å². The average Bonchev–Trinajstić information content (AvgIpc) is 2.36. The predicted octanol–water partition coefficient (Wildman–Crippen LogP) is 3.42. The fraction of sp³-hybridized carbons (Fsp3) is 0.412. The van der Waals surface area contributed by atoms with Crippen molar-refractivity contribution in [2.24, 2.45) is 5.92 Å². The lowest BCUT2D eigenvalue weighted by molar-refractivity contribution is -0.118. The third-order valence-corrected chi connectivity index (χ3v) is 3.44. The van der Waals surface area contributed by atoms with Crippen LogP contribution in [0.1, 0.15) is 40.2 Å². The number of pyridine rings is 1. The van der Waals surface area contributed by atoms with Gasteiger partial charge < -0.3 is 10.3 Å². The molecule has 0 fully saturated rings. The maximum Gasteiger partial charge on any atom is 0.248 e. The molecule has 0 saturated carbocycles. The molecule has 0 aliphatic heterocycles. The summed E-state index contributed by atoms with van der Waals surface area (Å²) in [6.45, 7) is 9.92. The molecule has 1 aromatic heterocycles. The van der Waals surface area contributed by atoms with Crippen molar-refractivity contribution in [1.29, 1.82) is 0 Å². The Morgan fingerprint density at radius 3 is 2.43 bits per heavy atom. The Bertz CT molecular complexity index is 737. The molecule has 0 unspecified atom stereocenters. The summed E-state index contributed by atoms with van der Waals surface area (Å²) in [6.07, 6.45) is 0. The second-order valence-corrected chi connectivity index (χ2v) is 6.70. The summed E-state index contributed by atoms with van der Waals surface area (Å²) in [6, 6.07) is 7.28. The van der Waals surface area contributed by atoms with Crippen LogP contribution in [0.15, 0.2) is 29.1 Å². The average molecular weight is 286 g/mol. The van der Waals surface area contributed by atoms with Crippen molar-refractivity contribution in [3.05, 3.63) is 40.2 Å². The standard InChI is InChI=1S/C17H22N2O2/c1-10(2)16(21)18-11-6-7-12-13(17(3,4)5)9-15(20)19-14(12)8-11/h6-10H,1-5H3,(H,18,21)(H,19,20). The van der Waals surface area contributed by atoms with Crippen molar-refractivity contribution in [3.8, 4) is 0 Å². The summed E-state index contributed by atoms with van der Waals surface area (Å²) in [7, 11) is 0. The van der Waals surface area contributed by atoms with E-state index in [4.69, 9.17) is 0 Å². The number of amides is 1. The minimum atomic E-state index is -0.125. The molecule has 2 rings (SSSR count). The first-order chi connectivity index (χ1) is 9.68. The first-order valence-electron chi connectivity index (χ1n) is 7.17. The van der Waals surface area contributed by atoms with Crippen molar-refractivity contribution >= 4 is 22.5 Å². The molecular weight excluding hydrogens is 264 g/mol. The van der Waals surface area contributed by atoms with Crippen LogP contribution in [0.2, 0.25) is 0 Å². The van der Waals surface area contributed by atoms with E-state index in [0.717, 1.165) is 16.5 Å². The largest absolute Gasteiger partial charge is 0.326 e. The summed E-state index contributed by atoms with van der Waals surface area (Å²) >= 11 is 0. The number of carbonyl (C=O) groups is 1. The van der Waals surface area contributed by atoms with Crippen LogP contribution >= 0.6 is 0 Å². The van der Waals surface area contributed by atoms with Crippen LogP contribution in [0.4, 0.5) is 5.69 Å². The van der Waals surface area contributed by atoms with Gasteiger partial charge in [-0.3, -0.25) is 9.59 Å². The number of benzene rings is 1. The molecular formula is C17H22N2O2. The molecule has 0 bridgehead atoms. The van der Waals surface area contributed by atoms with Crippen molar-refractivity contribution in [2.45, 2.75) is 40.0 Å². The highest BCUT2D eigenvalue weighted by Gasteiger charge is 2.18. The van der Waals surface area contributed by atoms with Crippen LogP contribution in [0.25, 0.3) is 10.9 Å². The Morgan fingerprint density at radius 2 is 1.86 bits per heavy atom. The van der Waals surface area contributed by atoms with Crippen LogP contribution in [0.3, 0.4) is 0 Å². The zero-order valence-electron chi connectivity index (χ0n) is 13.2. The highest BCUT2D eigenvalue weighted by Crippen LogP contribution is 2.29. The minimum absolute atomic E-state index is 0.0383. The molecule has 0 saturated heterocycles. The van der Waals surface area contributed by atoms with E-state index in [2.05, 4.69) is 31.1 Å². The molecule has 1 aromatic carbocycles. The number of aromatic amines is 1. The van der Waals surface area contributed by atoms with Crippen LogP contribution in [0, 0.1) is 5.92 Å². The number of H-pyrrole nitrogens is 1.